The van der Waals surface area contributed by atoms with E-state index in [1.165, 1.54) is 18.2 Å². The second-order valence-corrected chi connectivity index (χ2v) is 5.15. The number of benzene rings is 2. The summed E-state index contributed by atoms with van der Waals surface area (Å²) in [5, 5.41) is 0. The molecule has 3 nitrogen and oxygen atoms in total. The highest BCUT2D eigenvalue weighted by atomic mass is 79.9. The lowest BCUT2D eigenvalue weighted by Crippen LogP contribution is -2.05. The number of fused-ring (bicyclic) bond motifs is 1. The number of hydrogen-bond acceptors (Lipinski definition) is 3. The van der Waals surface area contributed by atoms with Gasteiger partial charge in [-0.25, -0.2) is 9.37 Å². The lowest BCUT2D eigenvalue weighted by Gasteiger charge is -2.01. The van der Waals surface area contributed by atoms with Crippen LogP contribution in [0.15, 0.2) is 51.4 Å². The summed E-state index contributed by atoms with van der Waals surface area (Å²) in [6.07, 6.45) is 0.0406. The first-order valence-electron chi connectivity index (χ1n) is 5.96. The zero-order valence-corrected chi connectivity index (χ0v) is 11.9. The number of nitrogens with zero attached hydrogens (tertiary/aromatic N) is 1. The van der Waals surface area contributed by atoms with Crippen LogP contribution in [0.4, 0.5) is 4.39 Å². The van der Waals surface area contributed by atoms with E-state index in [2.05, 4.69) is 20.9 Å². The highest BCUT2D eigenvalue weighted by Crippen LogP contribution is 2.21. The Labute approximate surface area is 122 Å². The standard InChI is InChI=1S/C15H9BrFNO2/c16-11-7-9(17)5-6-10(11)13(19)8-15-18-12-3-1-2-4-14(12)20-15/h1-7H,8H2. The van der Waals surface area contributed by atoms with Crippen LogP contribution in [0.1, 0.15) is 16.2 Å². The van der Waals surface area contributed by atoms with E-state index in [1.807, 2.05) is 18.2 Å². The van der Waals surface area contributed by atoms with E-state index < -0.39 is 5.82 Å². The molecule has 0 atom stereocenters. The van der Waals surface area contributed by atoms with Gasteiger partial charge in [0.25, 0.3) is 0 Å². The van der Waals surface area contributed by atoms with E-state index in [1.54, 1.807) is 6.07 Å². The molecule has 0 saturated carbocycles. The van der Waals surface area contributed by atoms with Gasteiger partial charge in [-0.15, -0.1) is 0 Å². The molecule has 100 valence electrons. The van der Waals surface area contributed by atoms with Gasteiger partial charge in [0.15, 0.2) is 11.4 Å². The third-order valence-corrected chi connectivity index (χ3v) is 3.54. The van der Waals surface area contributed by atoms with Crippen molar-refractivity contribution >= 4 is 32.8 Å². The van der Waals surface area contributed by atoms with Crippen LogP contribution in [0.3, 0.4) is 0 Å². The first-order valence-corrected chi connectivity index (χ1v) is 6.75. The van der Waals surface area contributed by atoms with Crippen LogP contribution < -0.4 is 0 Å². The van der Waals surface area contributed by atoms with Gasteiger partial charge in [0.05, 0.1) is 6.42 Å². The van der Waals surface area contributed by atoms with Crippen molar-refractivity contribution < 1.29 is 13.6 Å². The molecule has 0 saturated heterocycles. The molecule has 0 aliphatic rings. The molecule has 0 bridgehead atoms. The fraction of sp³-hybridized carbons (Fsp3) is 0.0667. The Bertz CT molecular complexity index is 764. The minimum atomic E-state index is -0.393. The lowest BCUT2D eigenvalue weighted by molar-refractivity contribution is 0.0985. The molecule has 3 aromatic rings. The van der Waals surface area contributed by atoms with E-state index >= 15 is 0 Å². The molecule has 0 aliphatic carbocycles. The highest BCUT2D eigenvalue weighted by Gasteiger charge is 2.15. The fourth-order valence-corrected chi connectivity index (χ4v) is 2.52. The van der Waals surface area contributed by atoms with Crippen LogP contribution in [0, 0.1) is 5.82 Å². The van der Waals surface area contributed by atoms with Crippen molar-refractivity contribution in [2.75, 3.05) is 0 Å². The lowest BCUT2D eigenvalue weighted by atomic mass is 10.1. The summed E-state index contributed by atoms with van der Waals surface area (Å²) in [6.45, 7) is 0. The zero-order chi connectivity index (χ0) is 14.1. The molecule has 0 aliphatic heterocycles. The van der Waals surface area contributed by atoms with Crippen LogP contribution >= 0.6 is 15.9 Å². The summed E-state index contributed by atoms with van der Waals surface area (Å²) in [6, 6.07) is 11.3. The number of oxazole rings is 1. The van der Waals surface area contributed by atoms with Crippen molar-refractivity contribution in [1.29, 1.82) is 0 Å². The van der Waals surface area contributed by atoms with Crippen molar-refractivity contribution in [1.82, 2.24) is 4.98 Å². The van der Waals surface area contributed by atoms with Crippen molar-refractivity contribution in [2.24, 2.45) is 0 Å². The molecule has 20 heavy (non-hydrogen) atoms. The summed E-state index contributed by atoms with van der Waals surface area (Å²) in [4.78, 5) is 16.4. The molecular formula is C15H9BrFNO2. The number of rotatable bonds is 3. The van der Waals surface area contributed by atoms with Crippen LogP contribution in [-0.2, 0) is 6.42 Å². The van der Waals surface area contributed by atoms with Gasteiger partial charge in [-0.05, 0) is 46.3 Å². The first-order chi connectivity index (χ1) is 9.63. The molecule has 0 radical (unpaired) electrons. The monoisotopic (exact) mass is 333 g/mol. The van der Waals surface area contributed by atoms with E-state index in [4.69, 9.17) is 4.42 Å². The third kappa shape index (κ3) is 2.49. The minimum Gasteiger partial charge on any atom is -0.440 e. The molecule has 0 N–H and O–H groups in total. The van der Waals surface area contributed by atoms with Crippen molar-refractivity contribution in [3.8, 4) is 0 Å². The molecule has 1 heterocycles. The van der Waals surface area contributed by atoms with Gasteiger partial charge in [0.1, 0.15) is 11.3 Å². The highest BCUT2D eigenvalue weighted by molar-refractivity contribution is 9.10. The Hall–Kier alpha value is -2.01. The molecule has 0 spiro atoms. The smallest absolute Gasteiger partial charge is 0.203 e. The number of carbonyl (C=O) groups is 1. The van der Waals surface area contributed by atoms with Crippen LogP contribution in [0.25, 0.3) is 11.1 Å². The summed E-state index contributed by atoms with van der Waals surface area (Å²) < 4.78 is 18.9. The van der Waals surface area contributed by atoms with E-state index in [0.717, 1.165) is 0 Å². The number of carbonyl (C=O) groups excluding carboxylic acids is 1. The van der Waals surface area contributed by atoms with Gasteiger partial charge in [-0.2, -0.15) is 0 Å². The maximum atomic E-state index is 13.0. The summed E-state index contributed by atoms with van der Waals surface area (Å²) in [5.74, 6) is -0.217. The third-order valence-electron chi connectivity index (χ3n) is 2.88. The molecule has 0 amide bonds. The Balaban J connectivity index is 1.88. The maximum absolute atomic E-state index is 13.0. The number of Topliss-reactive ketones (excluding diaryl/α,β-unsaturated/α-hetero) is 1. The second-order valence-electron chi connectivity index (χ2n) is 4.30. The number of para-hydroxylation sites is 2. The second kappa shape index (κ2) is 5.17. The van der Waals surface area contributed by atoms with Crippen molar-refractivity contribution in [2.45, 2.75) is 6.42 Å². The Morgan fingerprint density at radius 1 is 1.25 bits per heavy atom. The fourth-order valence-electron chi connectivity index (χ4n) is 1.94. The molecule has 1 aromatic heterocycles. The number of hydrogen-bond donors (Lipinski definition) is 0. The minimum absolute atomic E-state index is 0.0406. The number of halogens is 2. The number of ketones is 1. The van der Waals surface area contributed by atoms with Gasteiger partial charge >= 0.3 is 0 Å². The van der Waals surface area contributed by atoms with Crippen LogP contribution in [-0.4, -0.2) is 10.8 Å². The van der Waals surface area contributed by atoms with Gasteiger partial charge in [-0.1, -0.05) is 12.1 Å². The molecule has 5 heteroatoms. The summed E-state index contributed by atoms with van der Waals surface area (Å²) in [5.41, 5.74) is 1.77. The van der Waals surface area contributed by atoms with E-state index in [9.17, 15) is 9.18 Å². The zero-order valence-electron chi connectivity index (χ0n) is 10.3. The van der Waals surface area contributed by atoms with Crippen molar-refractivity contribution in [3.05, 3.63) is 64.2 Å². The Kier molecular flexibility index (Phi) is 3.36. The predicted octanol–water partition coefficient (Wildman–Crippen LogP) is 4.15. The predicted molar refractivity (Wildman–Crippen MR) is 76.1 cm³/mol. The average molecular weight is 334 g/mol. The molecule has 0 fully saturated rings. The SMILES string of the molecule is O=C(Cc1nc2ccccc2o1)c1ccc(F)cc1Br. The van der Waals surface area contributed by atoms with Crippen LogP contribution in [0.5, 0.6) is 0 Å². The number of aromatic nitrogens is 1. The normalized spacial score (nSPS) is 10.9. The van der Waals surface area contributed by atoms with Gasteiger partial charge < -0.3 is 4.42 Å². The molecular weight excluding hydrogens is 325 g/mol. The largest absolute Gasteiger partial charge is 0.440 e. The molecule has 0 unspecified atom stereocenters. The quantitative estimate of drug-likeness (QED) is 0.676. The molecule has 2 aromatic carbocycles. The van der Waals surface area contributed by atoms with Gasteiger partial charge in [-0.3, -0.25) is 4.79 Å². The van der Waals surface area contributed by atoms with Crippen LogP contribution in [0.2, 0.25) is 0 Å². The van der Waals surface area contributed by atoms with Gasteiger partial charge in [0.2, 0.25) is 5.89 Å². The Morgan fingerprint density at radius 3 is 2.80 bits per heavy atom. The Morgan fingerprint density at radius 2 is 2.05 bits per heavy atom. The molecule has 3 rings (SSSR count). The van der Waals surface area contributed by atoms with E-state index in [-0.39, 0.29) is 12.2 Å². The maximum Gasteiger partial charge on any atom is 0.203 e. The van der Waals surface area contributed by atoms with E-state index in [0.29, 0.717) is 27.0 Å². The van der Waals surface area contributed by atoms with Crippen molar-refractivity contribution in [3.63, 3.8) is 0 Å². The topological polar surface area (TPSA) is 43.1 Å². The average Bonchev–Trinajstić information content (AvgIpc) is 2.80. The summed E-state index contributed by atoms with van der Waals surface area (Å²) >= 11 is 3.18. The summed E-state index contributed by atoms with van der Waals surface area (Å²) in [7, 11) is 0. The first kappa shape index (κ1) is 13.0. The van der Waals surface area contributed by atoms with Gasteiger partial charge in [0, 0.05) is 10.0 Å².